The molecule has 1 aliphatic carbocycles. The first-order valence-corrected chi connectivity index (χ1v) is 10.2. The lowest BCUT2D eigenvalue weighted by atomic mass is 10.2. The van der Waals surface area contributed by atoms with Gasteiger partial charge in [0.05, 0.1) is 23.4 Å². The molecule has 2 aromatic rings. The summed E-state index contributed by atoms with van der Waals surface area (Å²) in [6, 6.07) is 6.77. The standard InChI is InChI=1S/C18H19F3N4O2S/c19-18(20,21)28(26,27)15-3-1-14(2-4-15)24-11-17(6-7-17)25(12-24)10-13-5-8-23-9-16(13)22/h1-5,8-9H,6-7,10-12,22H2. The van der Waals surface area contributed by atoms with E-state index in [1.165, 1.54) is 12.1 Å². The number of sulfone groups is 1. The lowest BCUT2D eigenvalue weighted by molar-refractivity contribution is -0.0436. The molecule has 0 unspecified atom stereocenters. The Morgan fingerprint density at radius 2 is 1.82 bits per heavy atom. The Balaban J connectivity index is 1.53. The van der Waals surface area contributed by atoms with Crippen LogP contribution >= 0.6 is 0 Å². The molecule has 1 saturated carbocycles. The molecule has 1 aromatic heterocycles. The Morgan fingerprint density at radius 3 is 2.39 bits per heavy atom. The Labute approximate surface area is 160 Å². The van der Waals surface area contributed by atoms with E-state index < -0.39 is 20.2 Å². The van der Waals surface area contributed by atoms with Gasteiger partial charge in [-0.3, -0.25) is 9.88 Å². The summed E-state index contributed by atoms with van der Waals surface area (Å²) in [7, 11) is -5.33. The van der Waals surface area contributed by atoms with Crippen LogP contribution in [0.4, 0.5) is 24.5 Å². The lowest BCUT2D eigenvalue weighted by Gasteiger charge is -2.23. The van der Waals surface area contributed by atoms with Gasteiger partial charge in [-0.25, -0.2) is 8.42 Å². The number of nitrogen functional groups attached to an aromatic ring is 1. The largest absolute Gasteiger partial charge is 0.501 e. The van der Waals surface area contributed by atoms with Crippen molar-refractivity contribution in [2.45, 2.75) is 35.3 Å². The highest BCUT2D eigenvalue weighted by molar-refractivity contribution is 7.92. The van der Waals surface area contributed by atoms with E-state index in [0.29, 0.717) is 24.6 Å². The molecule has 28 heavy (non-hydrogen) atoms. The second kappa shape index (κ2) is 6.35. The zero-order valence-electron chi connectivity index (χ0n) is 14.9. The molecule has 0 amide bonds. The number of halogens is 3. The Kier molecular flexibility index (Phi) is 4.31. The Hall–Kier alpha value is -2.33. The summed E-state index contributed by atoms with van der Waals surface area (Å²) >= 11 is 0. The third-order valence-corrected chi connectivity index (χ3v) is 6.95. The average molecular weight is 412 g/mol. The summed E-state index contributed by atoms with van der Waals surface area (Å²) in [5.74, 6) is 0. The first kappa shape index (κ1) is 19.0. The van der Waals surface area contributed by atoms with Crippen molar-refractivity contribution in [3.63, 3.8) is 0 Å². The maximum atomic E-state index is 12.7. The van der Waals surface area contributed by atoms with E-state index in [9.17, 15) is 21.6 Å². The zero-order valence-corrected chi connectivity index (χ0v) is 15.7. The molecule has 150 valence electrons. The Bertz CT molecular complexity index is 989. The molecule has 1 aliphatic heterocycles. The van der Waals surface area contributed by atoms with Crippen molar-refractivity contribution < 1.29 is 21.6 Å². The van der Waals surface area contributed by atoms with Gasteiger partial charge >= 0.3 is 5.51 Å². The van der Waals surface area contributed by atoms with Gasteiger partial charge in [-0.05, 0) is 48.7 Å². The van der Waals surface area contributed by atoms with Gasteiger partial charge in [0.25, 0.3) is 9.84 Å². The summed E-state index contributed by atoms with van der Waals surface area (Å²) < 4.78 is 61.2. The minimum Gasteiger partial charge on any atom is -0.397 e. The fraction of sp³-hybridized carbons (Fsp3) is 0.389. The lowest BCUT2D eigenvalue weighted by Crippen LogP contribution is -2.32. The molecule has 1 aromatic carbocycles. The van der Waals surface area contributed by atoms with Crippen LogP contribution in [0.25, 0.3) is 0 Å². The van der Waals surface area contributed by atoms with Crippen LogP contribution in [0.2, 0.25) is 0 Å². The van der Waals surface area contributed by atoms with Crippen LogP contribution in [0.3, 0.4) is 0 Å². The SMILES string of the molecule is Nc1cnccc1CN1CN(c2ccc(S(=O)(=O)C(F)(F)F)cc2)CC12CC2. The predicted octanol–water partition coefficient (Wildman–Crippen LogP) is 2.77. The fourth-order valence-electron chi connectivity index (χ4n) is 3.63. The van der Waals surface area contributed by atoms with E-state index in [1.54, 1.807) is 12.4 Å². The third-order valence-electron chi connectivity index (χ3n) is 5.45. The number of aromatic nitrogens is 1. The average Bonchev–Trinajstić information content (AvgIpc) is 3.32. The second-order valence-electron chi connectivity index (χ2n) is 7.28. The number of anilines is 2. The highest BCUT2D eigenvalue weighted by atomic mass is 32.2. The van der Waals surface area contributed by atoms with Crippen molar-refractivity contribution in [2.75, 3.05) is 23.8 Å². The van der Waals surface area contributed by atoms with Crippen molar-refractivity contribution >= 4 is 21.2 Å². The molecule has 2 heterocycles. The number of hydrogen-bond acceptors (Lipinski definition) is 6. The van der Waals surface area contributed by atoms with Crippen molar-refractivity contribution in [3.05, 3.63) is 48.3 Å². The first-order chi connectivity index (χ1) is 13.1. The van der Waals surface area contributed by atoms with E-state index >= 15 is 0 Å². The maximum absolute atomic E-state index is 12.7. The van der Waals surface area contributed by atoms with Crippen LogP contribution < -0.4 is 10.6 Å². The van der Waals surface area contributed by atoms with E-state index in [4.69, 9.17) is 5.73 Å². The minimum atomic E-state index is -5.33. The number of rotatable bonds is 4. The number of nitrogens with zero attached hydrogens (tertiary/aromatic N) is 3. The molecule has 2 N–H and O–H groups in total. The number of pyridine rings is 1. The zero-order chi connectivity index (χ0) is 20.2. The van der Waals surface area contributed by atoms with Crippen LogP contribution in [-0.4, -0.2) is 42.6 Å². The van der Waals surface area contributed by atoms with E-state index in [1.807, 2.05) is 11.0 Å². The molecule has 0 atom stereocenters. The smallest absolute Gasteiger partial charge is 0.397 e. The van der Waals surface area contributed by atoms with Gasteiger partial charge in [0.2, 0.25) is 0 Å². The van der Waals surface area contributed by atoms with E-state index in [0.717, 1.165) is 37.1 Å². The van der Waals surface area contributed by atoms with E-state index in [-0.39, 0.29) is 5.54 Å². The second-order valence-corrected chi connectivity index (χ2v) is 9.22. The van der Waals surface area contributed by atoms with Gasteiger partial charge in [0, 0.05) is 30.5 Å². The number of hydrogen-bond donors (Lipinski definition) is 1. The summed E-state index contributed by atoms with van der Waals surface area (Å²) in [6.45, 7) is 1.99. The molecule has 10 heteroatoms. The van der Waals surface area contributed by atoms with Crippen LogP contribution in [0.1, 0.15) is 18.4 Å². The monoisotopic (exact) mass is 412 g/mol. The van der Waals surface area contributed by atoms with Gasteiger partial charge in [-0.2, -0.15) is 13.2 Å². The summed E-state index contributed by atoms with van der Waals surface area (Å²) in [5.41, 5.74) is 3.02. The van der Waals surface area contributed by atoms with Gasteiger partial charge < -0.3 is 10.6 Å². The molecular weight excluding hydrogens is 393 g/mol. The molecule has 2 aliphatic rings. The highest BCUT2D eigenvalue weighted by Gasteiger charge is 2.53. The number of nitrogens with two attached hydrogens (primary N) is 1. The normalized spacial score (nSPS) is 19.3. The van der Waals surface area contributed by atoms with Crippen LogP contribution in [0.15, 0.2) is 47.6 Å². The molecule has 1 saturated heterocycles. The quantitative estimate of drug-likeness (QED) is 0.832. The van der Waals surface area contributed by atoms with Crippen molar-refractivity contribution in [3.8, 4) is 0 Å². The van der Waals surface area contributed by atoms with E-state index in [2.05, 4.69) is 9.88 Å². The number of alkyl halides is 3. The molecule has 6 nitrogen and oxygen atoms in total. The minimum absolute atomic E-state index is 0.0342. The molecule has 4 rings (SSSR count). The first-order valence-electron chi connectivity index (χ1n) is 8.72. The summed E-state index contributed by atoms with van der Waals surface area (Å²) in [4.78, 5) is 7.61. The topological polar surface area (TPSA) is 79.5 Å². The van der Waals surface area contributed by atoms with Crippen LogP contribution in [-0.2, 0) is 16.4 Å². The highest BCUT2D eigenvalue weighted by Crippen LogP contribution is 2.48. The number of benzene rings is 1. The predicted molar refractivity (Wildman–Crippen MR) is 98.1 cm³/mol. The van der Waals surface area contributed by atoms with Gasteiger partial charge in [-0.15, -0.1) is 0 Å². The van der Waals surface area contributed by atoms with Gasteiger partial charge in [0.1, 0.15) is 0 Å². The summed E-state index contributed by atoms with van der Waals surface area (Å²) in [5, 5.41) is 0. The van der Waals surface area contributed by atoms with Crippen molar-refractivity contribution in [2.24, 2.45) is 0 Å². The van der Waals surface area contributed by atoms with Crippen LogP contribution in [0, 0.1) is 0 Å². The summed E-state index contributed by atoms with van der Waals surface area (Å²) in [6.07, 6.45) is 5.38. The molecule has 1 spiro atoms. The van der Waals surface area contributed by atoms with Gasteiger partial charge in [0.15, 0.2) is 0 Å². The fourth-order valence-corrected chi connectivity index (χ4v) is 4.39. The van der Waals surface area contributed by atoms with Crippen molar-refractivity contribution in [1.29, 1.82) is 0 Å². The van der Waals surface area contributed by atoms with Crippen LogP contribution in [0.5, 0.6) is 0 Å². The molecular formula is C18H19F3N4O2S. The molecule has 0 radical (unpaired) electrons. The van der Waals surface area contributed by atoms with Gasteiger partial charge in [-0.1, -0.05) is 0 Å². The third kappa shape index (κ3) is 3.20. The van der Waals surface area contributed by atoms with Crippen molar-refractivity contribution in [1.82, 2.24) is 9.88 Å². The molecule has 0 bridgehead atoms. The molecule has 2 fully saturated rings. The Morgan fingerprint density at radius 1 is 1.14 bits per heavy atom. The maximum Gasteiger partial charge on any atom is 0.501 e.